The fourth-order valence-corrected chi connectivity index (χ4v) is 7.06. The third-order valence-electron chi connectivity index (χ3n) is 6.60. The Bertz CT molecular complexity index is 1040. The lowest BCUT2D eigenvalue weighted by molar-refractivity contribution is -0.123. The second-order valence-electron chi connectivity index (χ2n) is 8.13. The Balaban J connectivity index is 1.33. The Kier molecular flexibility index (Phi) is 5.17. The van der Waals surface area contributed by atoms with Crippen molar-refractivity contribution >= 4 is 55.3 Å². The Hall–Kier alpha value is -2.19. The molecule has 8 heteroatoms. The first kappa shape index (κ1) is 20.7. The van der Waals surface area contributed by atoms with Gasteiger partial charge in [-0.25, -0.2) is 4.79 Å². The highest BCUT2D eigenvalue weighted by Gasteiger charge is 2.66. The number of rotatable bonds is 4. The van der Waals surface area contributed by atoms with Crippen LogP contribution in [0.5, 0.6) is 11.5 Å². The van der Waals surface area contributed by atoms with Gasteiger partial charge in [0.1, 0.15) is 11.5 Å². The number of carbonyl (C=O) groups excluding carboxylic acids is 3. The van der Waals surface area contributed by atoms with Crippen LogP contribution in [0.25, 0.3) is 0 Å². The van der Waals surface area contributed by atoms with Crippen molar-refractivity contribution in [1.82, 2.24) is 0 Å². The lowest BCUT2D eigenvalue weighted by Crippen LogP contribution is -2.37. The molecule has 2 aromatic rings. The molecule has 2 bridgehead atoms. The first-order chi connectivity index (χ1) is 14.9. The van der Waals surface area contributed by atoms with Crippen molar-refractivity contribution in [3.8, 4) is 11.5 Å². The molecule has 2 saturated carbocycles. The van der Waals surface area contributed by atoms with Crippen molar-refractivity contribution in [1.29, 1.82) is 0 Å². The molecule has 6 nitrogen and oxygen atoms in total. The molecule has 31 heavy (non-hydrogen) atoms. The van der Waals surface area contributed by atoms with Gasteiger partial charge >= 0.3 is 5.97 Å². The zero-order valence-electron chi connectivity index (χ0n) is 16.5. The Morgan fingerprint density at radius 3 is 2.13 bits per heavy atom. The van der Waals surface area contributed by atoms with Gasteiger partial charge in [0.25, 0.3) is 0 Å². The predicted molar refractivity (Wildman–Crippen MR) is 121 cm³/mol. The number of esters is 1. The summed E-state index contributed by atoms with van der Waals surface area (Å²) >= 11 is 7.39. The van der Waals surface area contributed by atoms with Crippen LogP contribution in [-0.4, -0.2) is 34.5 Å². The van der Waals surface area contributed by atoms with Crippen LogP contribution in [0, 0.1) is 23.7 Å². The van der Waals surface area contributed by atoms with E-state index in [1.54, 1.807) is 48.5 Å². The normalized spacial score (nSPS) is 31.1. The van der Waals surface area contributed by atoms with Crippen LogP contribution in [0.2, 0.25) is 0 Å². The Labute approximate surface area is 196 Å². The predicted octanol–water partition coefficient (Wildman–Crippen LogP) is 4.20. The molecule has 1 saturated heterocycles. The highest BCUT2D eigenvalue weighted by molar-refractivity contribution is 9.12. The number of amides is 2. The van der Waals surface area contributed by atoms with E-state index < -0.39 is 5.97 Å². The zero-order valence-corrected chi connectivity index (χ0v) is 19.7. The Morgan fingerprint density at radius 1 is 0.935 bits per heavy atom. The van der Waals surface area contributed by atoms with Crippen molar-refractivity contribution in [2.75, 3.05) is 12.0 Å². The minimum Gasteiger partial charge on any atom is -0.497 e. The summed E-state index contributed by atoms with van der Waals surface area (Å²) in [5.74, 6) is -0.0724. The van der Waals surface area contributed by atoms with E-state index in [1.165, 1.54) is 12.0 Å². The van der Waals surface area contributed by atoms with Crippen molar-refractivity contribution in [3.05, 3.63) is 54.1 Å². The maximum absolute atomic E-state index is 13.1. The van der Waals surface area contributed by atoms with Gasteiger partial charge in [0.05, 0.1) is 30.2 Å². The maximum atomic E-state index is 13.1. The number of nitrogens with zero attached hydrogens (tertiary/aromatic N) is 1. The van der Waals surface area contributed by atoms with E-state index in [0.717, 1.165) is 6.42 Å². The monoisotopic (exact) mass is 547 g/mol. The number of halogens is 2. The van der Waals surface area contributed by atoms with Crippen LogP contribution in [0.1, 0.15) is 16.8 Å². The number of alkyl halides is 2. The number of hydrogen-bond donors (Lipinski definition) is 0. The molecule has 2 amide bonds. The number of anilines is 1. The number of ether oxygens (including phenoxy) is 2. The van der Waals surface area contributed by atoms with Crippen molar-refractivity contribution < 1.29 is 23.9 Å². The zero-order chi connectivity index (χ0) is 21.9. The van der Waals surface area contributed by atoms with Crippen LogP contribution < -0.4 is 14.4 Å². The lowest BCUT2D eigenvalue weighted by atomic mass is 9.81. The molecule has 0 unspecified atom stereocenters. The SMILES string of the molecule is COc1cccc(C(=O)Oc2ccc(N3C(=O)[C@@H]4[C@H]5C[C@@H]([C@H](Br)[C@H]5Br)[C@@H]4C3=O)cc2)c1. The van der Waals surface area contributed by atoms with Gasteiger partial charge in [-0.05, 0) is 60.7 Å². The van der Waals surface area contributed by atoms with Gasteiger partial charge in [-0.3, -0.25) is 14.5 Å². The molecule has 3 aliphatic rings. The topological polar surface area (TPSA) is 72.9 Å². The number of fused-ring (bicyclic) bond motifs is 5. The van der Waals surface area contributed by atoms with E-state index in [9.17, 15) is 14.4 Å². The smallest absolute Gasteiger partial charge is 0.343 e. The maximum Gasteiger partial charge on any atom is 0.343 e. The molecule has 0 N–H and O–H groups in total. The van der Waals surface area contributed by atoms with Gasteiger partial charge in [0, 0.05) is 9.65 Å². The molecule has 3 fully saturated rings. The van der Waals surface area contributed by atoms with E-state index in [0.29, 0.717) is 22.7 Å². The third-order valence-corrected chi connectivity index (χ3v) is 9.80. The van der Waals surface area contributed by atoms with Crippen molar-refractivity contribution in [2.24, 2.45) is 23.7 Å². The van der Waals surface area contributed by atoms with E-state index in [2.05, 4.69) is 31.9 Å². The third kappa shape index (κ3) is 3.22. The number of imide groups is 1. The number of hydrogen-bond acceptors (Lipinski definition) is 5. The minimum absolute atomic E-state index is 0.132. The lowest BCUT2D eigenvalue weighted by Gasteiger charge is -2.28. The average molecular weight is 549 g/mol. The first-order valence-corrected chi connectivity index (χ1v) is 11.9. The molecule has 0 radical (unpaired) electrons. The molecule has 160 valence electrons. The standard InChI is InChI=1S/C23H19Br2NO5/c1-30-14-4-2-3-11(9-14)23(29)31-13-7-5-12(6-8-13)26-21(27)17-15-10-16(18(17)22(26)28)20(25)19(15)24/h2-9,15-20H,10H2,1H3/t15-,16-,17-,18+,19+,20+/m1/s1. The van der Waals surface area contributed by atoms with Gasteiger partial charge in [-0.1, -0.05) is 37.9 Å². The van der Waals surface area contributed by atoms with Crippen LogP contribution in [0.4, 0.5) is 5.69 Å². The highest BCUT2D eigenvalue weighted by Crippen LogP contribution is 2.60. The number of benzene rings is 2. The molecule has 1 heterocycles. The van der Waals surface area contributed by atoms with E-state index in [1.807, 2.05) is 0 Å². The van der Waals surface area contributed by atoms with Gasteiger partial charge in [0.2, 0.25) is 11.8 Å². The molecule has 6 atom stereocenters. The molecule has 0 spiro atoms. The van der Waals surface area contributed by atoms with E-state index in [4.69, 9.17) is 9.47 Å². The summed E-state index contributed by atoms with van der Waals surface area (Å²) in [7, 11) is 1.53. The summed E-state index contributed by atoms with van der Waals surface area (Å²) < 4.78 is 10.6. The first-order valence-electron chi connectivity index (χ1n) is 10.0. The summed E-state index contributed by atoms with van der Waals surface area (Å²) in [6, 6.07) is 13.2. The molecular formula is C23H19Br2NO5. The van der Waals surface area contributed by atoms with Gasteiger partial charge in [-0.2, -0.15) is 0 Å². The summed E-state index contributed by atoms with van der Waals surface area (Å²) in [6.07, 6.45) is 0.894. The minimum atomic E-state index is -0.516. The largest absolute Gasteiger partial charge is 0.497 e. The van der Waals surface area contributed by atoms with Crippen LogP contribution >= 0.6 is 31.9 Å². The molecule has 1 aliphatic heterocycles. The molecular weight excluding hydrogens is 530 g/mol. The van der Waals surface area contributed by atoms with Crippen LogP contribution in [0.15, 0.2) is 48.5 Å². The van der Waals surface area contributed by atoms with Crippen LogP contribution in [-0.2, 0) is 9.59 Å². The summed E-state index contributed by atoms with van der Waals surface area (Å²) in [5.41, 5.74) is 0.868. The van der Waals surface area contributed by atoms with Gasteiger partial charge < -0.3 is 9.47 Å². The molecule has 5 rings (SSSR count). The van der Waals surface area contributed by atoms with Crippen molar-refractivity contribution in [2.45, 2.75) is 16.1 Å². The Morgan fingerprint density at radius 2 is 1.55 bits per heavy atom. The molecule has 2 aliphatic carbocycles. The molecule has 0 aromatic heterocycles. The summed E-state index contributed by atoms with van der Waals surface area (Å²) in [5, 5.41) is 0. The molecule has 2 aromatic carbocycles. The van der Waals surface area contributed by atoms with Gasteiger partial charge in [-0.15, -0.1) is 0 Å². The van der Waals surface area contributed by atoms with Crippen LogP contribution in [0.3, 0.4) is 0 Å². The fourth-order valence-electron chi connectivity index (χ4n) is 5.18. The van der Waals surface area contributed by atoms with E-state index in [-0.39, 0.29) is 45.1 Å². The average Bonchev–Trinajstić information content (AvgIpc) is 3.39. The second kappa shape index (κ2) is 7.74. The second-order valence-corrected chi connectivity index (χ2v) is 10.2. The summed E-state index contributed by atoms with van der Waals surface area (Å²) in [4.78, 5) is 40.3. The van der Waals surface area contributed by atoms with E-state index >= 15 is 0 Å². The van der Waals surface area contributed by atoms with Gasteiger partial charge in [0.15, 0.2) is 0 Å². The fraction of sp³-hybridized carbons (Fsp3) is 0.348. The number of methoxy groups -OCH3 is 1. The summed E-state index contributed by atoms with van der Waals surface area (Å²) in [6.45, 7) is 0. The highest BCUT2D eigenvalue weighted by atomic mass is 79.9. The number of carbonyl (C=O) groups is 3. The van der Waals surface area contributed by atoms with Crippen molar-refractivity contribution in [3.63, 3.8) is 0 Å². The quantitative estimate of drug-likeness (QED) is 0.248.